The van der Waals surface area contributed by atoms with Gasteiger partial charge in [-0.3, -0.25) is 9.59 Å². The van der Waals surface area contributed by atoms with Crippen molar-refractivity contribution in [1.82, 2.24) is 0 Å². The van der Waals surface area contributed by atoms with Gasteiger partial charge in [0.2, 0.25) is 0 Å². The summed E-state index contributed by atoms with van der Waals surface area (Å²) in [5.41, 5.74) is 0. The van der Waals surface area contributed by atoms with E-state index < -0.39 is 23.9 Å². The molecular formula is C12H16O4. The molecule has 4 aliphatic rings. The zero-order valence-corrected chi connectivity index (χ0v) is 8.95. The van der Waals surface area contributed by atoms with Gasteiger partial charge in [-0.15, -0.1) is 0 Å². The minimum Gasteiger partial charge on any atom is -0.393 e. The van der Waals surface area contributed by atoms with E-state index in [1.165, 1.54) is 0 Å². The summed E-state index contributed by atoms with van der Waals surface area (Å²) in [6.45, 7) is 0. The first kappa shape index (κ1) is 10.4. The quantitative estimate of drug-likeness (QED) is 0.502. The lowest BCUT2D eigenvalue weighted by Gasteiger charge is -2.58. The molecule has 88 valence electrons. The standard InChI is InChI=1S/C12H16O4/c13-4-9(14)10-7-2-5-1-6(12(7)16)3-8(10)11(5)15/h4-8,10-12,15-16H,1-3H2. The number of aldehydes is 1. The van der Waals surface area contributed by atoms with Crippen molar-refractivity contribution in [2.75, 3.05) is 0 Å². The van der Waals surface area contributed by atoms with Crippen molar-refractivity contribution in [3.8, 4) is 0 Å². The van der Waals surface area contributed by atoms with Crippen molar-refractivity contribution in [3.05, 3.63) is 0 Å². The molecule has 4 bridgehead atoms. The second-order valence-electron chi connectivity index (χ2n) is 5.58. The Morgan fingerprint density at radius 2 is 1.50 bits per heavy atom. The van der Waals surface area contributed by atoms with E-state index in [1.807, 2.05) is 0 Å². The summed E-state index contributed by atoms with van der Waals surface area (Å²) < 4.78 is 0. The van der Waals surface area contributed by atoms with Crippen LogP contribution >= 0.6 is 0 Å². The topological polar surface area (TPSA) is 74.6 Å². The van der Waals surface area contributed by atoms with Crippen molar-refractivity contribution < 1.29 is 19.8 Å². The van der Waals surface area contributed by atoms with E-state index in [1.54, 1.807) is 0 Å². The van der Waals surface area contributed by atoms with Gasteiger partial charge in [-0.2, -0.15) is 0 Å². The summed E-state index contributed by atoms with van der Waals surface area (Å²) >= 11 is 0. The Balaban J connectivity index is 1.95. The fraction of sp³-hybridized carbons (Fsp3) is 0.833. The highest BCUT2D eigenvalue weighted by Crippen LogP contribution is 2.56. The maximum absolute atomic E-state index is 11.6. The first-order chi connectivity index (χ1) is 7.63. The summed E-state index contributed by atoms with van der Waals surface area (Å²) in [6.07, 6.45) is 1.71. The average molecular weight is 224 g/mol. The summed E-state index contributed by atoms with van der Waals surface area (Å²) in [4.78, 5) is 22.2. The van der Waals surface area contributed by atoms with Crippen LogP contribution in [0.4, 0.5) is 0 Å². The molecule has 6 unspecified atom stereocenters. The number of Topliss-reactive ketones (excluding diaryl/α,β-unsaturated/α-hetero) is 1. The van der Waals surface area contributed by atoms with E-state index in [-0.39, 0.29) is 23.7 Å². The molecule has 2 N–H and O–H groups in total. The Hall–Kier alpha value is -0.740. The van der Waals surface area contributed by atoms with Gasteiger partial charge < -0.3 is 10.2 Å². The van der Waals surface area contributed by atoms with Crippen LogP contribution in [0, 0.1) is 29.6 Å². The molecule has 4 heteroatoms. The van der Waals surface area contributed by atoms with E-state index in [0.717, 1.165) is 6.42 Å². The molecule has 0 amide bonds. The van der Waals surface area contributed by atoms with Crippen LogP contribution in [0.3, 0.4) is 0 Å². The van der Waals surface area contributed by atoms with E-state index in [4.69, 9.17) is 0 Å². The van der Waals surface area contributed by atoms with Crippen LogP contribution in [0.5, 0.6) is 0 Å². The molecule has 0 aromatic carbocycles. The Morgan fingerprint density at radius 1 is 1.00 bits per heavy atom. The lowest BCUT2D eigenvalue weighted by Crippen LogP contribution is -2.61. The van der Waals surface area contributed by atoms with E-state index in [9.17, 15) is 19.8 Å². The van der Waals surface area contributed by atoms with Crippen molar-refractivity contribution >= 4 is 12.1 Å². The van der Waals surface area contributed by atoms with Crippen LogP contribution in [-0.2, 0) is 9.59 Å². The minimum absolute atomic E-state index is 0.0939. The maximum atomic E-state index is 11.6. The molecular weight excluding hydrogens is 208 g/mol. The van der Waals surface area contributed by atoms with Crippen LogP contribution in [0.1, 0.15) is 19.3 Å². The second kappa shape index (κ2) is 3.37. The van der Waals surface area contributed by atoms with Crippen molar-refractivity contribution in [3.63, 3.8) is 0 Å². The van der Waals surface area contributed by atoms with Gasteiger partial charge in [0.1, 0.15) is 0 Å². The van der Waals surface area contributed by atoms with Crippen LogP contribution in [0.25, 0.3) is 0 Å². The largest absolute Gasteiger partial charge is 0.393 e. The summed E-state index contributed by atoms with van der Waals surface area (Å²) in [6, 6.07) is 0. The SMILES string of the molecule is O=CC(=O)C1C2CC3CC(CC1C3O)C2O. The van der Waals surface area contributed by atoms with Crippen LogP contribution < -0.4 is 0 Å². The molecule has 4 saturated carbocycles. The lowest BCUT2D eigenvalue weighted by atomic mass is 9.49. The van der Waals surface area contributed by atoms with Gasteiger partial charge in [0.05, 0.1) is 12.2 Å². The molecule has 4 aliphatic carbocycles. The minimum atomic E-state index is -0.450. The zero-order chi connectivity index (χ0) is 11.4. The normalized spacial score (nSPS) is 54.0. The lowest BCUT2D eigenvalue weighted by molar-refractivity contribution is -0.187. The summed E-state index contributed by atoms with van der Waals surface area (Å²) in [5.74, 6) is -0.602. The highest BCUT2D eigenvalue weighted by Gasteiger charge is 2.58. The molecule has 4 rings (SSSR count). The number of rotatable bonds is 2. The fourth-order valence-electron chi connectivity index (χ4n) is 4.35. The van der Waals surface area contributed by atoms with Crippen LogP contribution in [0.2, 0.25) is 0 Å². The Labute approximate surface area is 93.6 Å². The van der Waals surface area contributed by atoms with Gasteiger partial charge in [0.25, 0.3) is 0 Å². The molecule has 4 nitrogen and oxygen atoms in total. The van der Waals surface area contributed by atoms with Gasteiger partial charge in [-0.05, 0) is 42.9 Å². The summed E-state index contributed by atoms with van der Waals surface area (Å²) in [5, 5.41) is 20.2. The predicted molar refractivity (Wildman–Crippen MR) is 54.4 cm³/mol. The number of aliphatic hydroxyl groups excluding tert-OH is 2. The molecule has 0 aromatic rings. The van der Waals surface area contributed by atoms with Gasteiger partial charge in [0.15, 0.2) is 12.1 Å². The highest BCUT2D eigenvalue weighted by atomic mass is 16.3. The third kappa shape index (κ3) is 1.17. The molecule has 0 radical (unpaired) electrons. The molecule has 0 aromatic heterocycles. The van der Waals surface area contributed by atoms with Crippen LogP contribution in [0.15, 0.2) is 0 Å². The van der Waals surface area contributed by atoms with Gasteiger partial charge in [-0.1, -0.05) is 0 Å². The number of aliphatic hydroxyl groups is 2. The van der Waals surface area contributed by atoms with Gasteiger partial charge in [0, 0.05) is 5.92 Å². The Morgan fingerprint density at radius 3 is 1.94 bits per heavy atom. The number of carbonyl (C=O) groups is 2. The Bertz CT molecular complexity index is 318. The third-order valence-electron chi connectivity index (χ3n) is 4.97. The molecule has 4 fully saturated rings. The van der Waals surface area contributed by atoms with Crippen molar-refractivity contribution in [1.29, 1.82) is 0 Å². The van der Waals surface area contributed by atoms with E-state index >= 15 is 0 Å². The van der Waals surface area contributed by atoms with E-state index in [2.05, 4.69) is 0 Å². The monoisotopic (exact) mass is 224 g/mol. The smallest absolute Gasteiger partial charge is 0.198 e. The number of hydrogen-bond donors (Lipinski definition) is 2. The zero-order valence-electron chi connectivity index (χ0n) is 8.95. The van der Waals surface area contributed by atoms with Crippen molar-refractivity contribution in [2.24, 2.45) is 29.6 Å². The van der Waals surface area contributed by atoms with Crippen molar-refractivity contribution in [2.45, 2.75) is 31.5 Å². The number of ketones is 1. The van der Waals surface area contributed by atoms with Crippen LogP contribution in [-0.4, -0.2) is 34.5 Å². The molecule has 0 aliphatic heterocycles. The second-order valence-corrected chi connectivity index (χ2v) is 5.58. The Kier molecular flexibility index (Phi) is 2.20. The molecule has 0 spiro atoms. The number of carbonyl (C=O) groups excluding carboxylic acids is 2. The third-order valence-corrected chi connectivity index (χ3v) is 4.97. The van der Waals surface area contributed by atoms with Gasteiger partial charge >= 0.3 is 0 Å². The highest BCUT2D eigenvalue weighted by molar-refractivity contribution is 6.26. The fourth-order valence-corrected chi connectivity index (χ4v) is 4.35. The number of hydrogen-bond acceptors (Lipinski definition) is 4. The average Bonchev–Trinajstić information content (AvgIpc) is 2.27. The molecule has 0 heterocycles. The molecule has 16 heavy (non-hydrogen) atoms. The van der Waals surface area contributed by atoms with E-state index in [0.29, 0.717) is 19.1 Å². The molecule has 0 saturated heterocycles. The molecule has 6 atom stereocenters. The predicted octanol–water partition coefficient (Wildman–Crippen LogP) is -0.232. The first-order valence-electron chi connectivity index (χ1n) is 5.98. The van der Waals surface area contributed by atoms with Gasteiger partial charge in [-0.25, -0.2) is 0 Å². The first-order valence-corrected chi connectivity index (χ1v) is 5.98. The summed E-state index contributed by atoms with van der Waals surface area (Å²) in [7, 11) is 0. The maximum Gasteiger partial charge on any atom is 0.198 e.